The normalized spacial score (nSPS) is 11.0. The van der Waals surface area contributed by atoms with E-state index in [-0.39, 0.29) is 22.1 Å². The van der Waals surface area contributed by atoms with Crippen LogP contribution in [-0.4, -0.2) is 14.9 Å². The highest BCUT2D eigenvalue weighted by molar-refractivity contribution is 6.33. The first-order valence-corrected chi connectivity index (χ1v) is 7.72. The Morgan fingerprint density at radius 3 is 2.68 bits per heavy atom. The zero-order chi connectivity index (χ0) is 17.4. The molecule has 0 aliphatic rings. The first kappa shape index (κ1) is 15.5. The summed E-state index contributed by atoms with van der Waals surface area (Å²) in [6.45, 7) is 0. The van der Waals surface area contributed by atoms with Crippen LogP contribution in [0.4, 0.5) is 8.78 Å². The maximum atomic E-state index is 14.0. The Kier molecular flexibility index (Phi) is 3.82. The van der Waals surface area contributed by atoms with E-state index >= 15 is 0 Å². The molecule has 0 radical (unpaired) electrons. The van der Waals surface area contributed by atoms with Gasteiger partial charge in [0, 0.05) is 12.3 Å². The molecule has 0 fully saturated rings. The van der Waals surface area contributed by atoms with Gasteiger partial charge in [0.25, 0.3) is 0 Å². The van der Waals surface area contributed by atoms with E-state index in [2.05, 4.69) is 10.3 Å². The lowest BCUT2D eigenvalue weighted by atomic mass is 10.1. The van der Waals surface area contributed by atoms with Crippen LogP contribution >= 0.6 is 11.6 Å². The van der Waals surface area contributed by atoms with Gasteiger partial charge in [-0.3, -0.25) is 0 Å². The van der Waals surface area contributed by atoms with Crippen LogP contribution in [-0.2, 0) is 0 Å². The van der Waals surface area contributed by atoms with E-state index in [4.69, 9.17) is 16.1 Å². The molecule has 0 N–H and O–H groups in total. The molecule has 4 nitrogen and oxygen atoms in total. The number of nitrogens with zero attached hydrogens (tertiary/aromatic N) is 3. The fraction of sp³-hybridized carbons (Fsp3) is 0. The van der Waals surface area contributed by atoms with Gasteiger partial charge in [-0.15, -0.1) is 0 Å². The van der Waals surface area contributed by atoms with Crippen LogP contribution in [0.5, 0.6) is 0 Å². The average Bonchev–Trinajstić information content (AvgIpc) is 3.24. The molecule has 0 aliphatic carbocycles. The second kappa shape index (κ2) is 6.14. The zero-order valence-corrected chi connectivity index (χ0v) is 13.4. The smallest absolute Gasteiger partial charge is 0.170 e. The maximum Gasteiger partial charge on any atom is 0.170 e. The molecule has 0 aliphatic heterocycles. The number of hydrogen-bond acceptors (Lipinski definition) is 3. The van der Waals surface area contributed by atoms with Crippen molar-refractivity contribution in [1.82, 2.24) is 14.9 Å². The van der Waals surface area contributed by atoms with Crippen LogP contribution in [0.3, 0.4) is 0 Å². The van der Waals surface area contributed by atoms with Gasteiger partial charge in [0.15, 0.2) is 5.76 Å². The van der Waals surface area contributed by atoms with Crippen LogP contribution in [0.25, 0.3) is 28.3 Å². The first-order valence-electron chi connectivity index (χ1n) is 7.34. The Bertz CT molecular complexity index is 1040. The van der Waals surface area contributed by atoms with Crippen molar-refractivity contribution in [2.45, 2.75) is 0 Å². The maximum absolute atomic E-state index is 14.0. The lowest BCUT2D eigenvalue weighted by Crippen LogP contribution is -1.93. The summed E-state index contributed by atoms with van der Waals surface area (Å²) >= 11 is 6.04. The largest absolute Gasteiger partial charge is 0.356 e. The Hall–Kier alpha value is -2.99. The average molecular weight is 358 g/mol. The van der Waals surface area contributed by atoms with Gasteiger partial charge in [0.05, 0.1) is 28.0 Å². The van der Waals surface area contributed by atoms with E-state index in [1.165, 1.54) is 28.9 Å². The van der Waals surface area contributed by atoms with Crippen LogP contribution in [0, 0.1) is 11.6 Å². The molecule has 2 heterocycles. The summed E-state index contributed by atoms with van der Waals surface area (Å²) in [6, 6.07) is 12.0. The molecule has 0 saturated heterocycles. The van der Waals surface area contributed by atoms with Crippen molar-refractivity contribution in [2.24, 2.45) is 0 Å². The van der Waals surface area contributed by atoms with Gasteiger partial charge >= 0.3 is 0 Å². The molecule has 7 heteroatoms. The van der Waals surface area contributed by atoms with Crippen molar-refractivity contribution in [2.75, 3.05) is 0 Å². The van der Waals surface area contributed by atoms with Crippen molar-refractivity contribution < 1.29 is 13.3 Å². The molecule has 4 aromatic rings. The van der Waals surface area contributed by atoms with Gasteiger partial charge in [0.1, 0.15) is 17.3 Å². The summed E-state index contributed by atoms with van der Waals surface area (Å²) in [5.41, 5.74) is 1.66. The monoisotopic (exact) mass is 357 g/mol. The minimum Gasteiger partial charge on any atom is -0.356 e. The summed E-state index contributed by atoms with van der Waals surface area (Å²) < 4.78 is 34.1. The van der Waals surface area contributed by atoms with Crippen molar-refractivity contribution in [1.29, 1.82) is 0 Å². The molecule has 2 aromatic carbocycles. The van der Waals surface area contributed by atoms with Crippen molar-refractivity contribution in [3.8, 4) is 28.3 Å². The SMILES string of the molecule is Fc1cccc(-n2cc(-c3cc(-c4c(F)cccc4Cl)no3)cn2)c1. The van der Waals surface area contributed by atoms with Gasteiger partial charge in [-0.1, -0.05) is 28.9 Å². The van der Waals surface area contributed by atoms with Gasteiger partial charge < -0.3 is 4.52 Å². The Balaban J connectivity index is 1.70. The van der Waals surface area contributed by atoms with E-state index in [0.29, 0.717) is 17.0 Å². The second-order valence-electron chi connectivity index (χ2n) is 5.33. The lowest BCUT2D eigenvalue weighted by molar-refractivity contribution is 0.434. The Morgan fingerprint density at radius 1 is 1.04 bits per heavy atom. The number of benzene rings is 2. The molecule has 0 spiro atoms. The highest BCUT2D eigenvalue weighted by Crippen LogP contribution is 2.32. The van der Waals surface area contributed by atoms with Crippen LogP contribution < -0.4 is 0 Å². The molecule has 124 valence electrons. The van der Waals surface area contributed by atoms with E-state index in [1.54, 1.807) is 36.7 Å². The predicted octanol–water partition coefficient (Wildman–Crippen LogP) is 5.13. The fourth-order valence-electron chi connectivity index (χ4n) is 2.48. The van der Waals surface area contributed by atoms with Gasteiger partial charge in [-0.2, -0.15) is 5.10 Å². The lowest BCUT2D eigenvalue weighted by Gasteiger charge is -2.00. The van der Waals surface area contributed by atoms with Crippen LogP contribution in [0.2, 0.25) is 5.02 Å². The van der Waals surface area contributed by atoms with Crippen molar-refractivity contribution >= 4 is 11.6 Å². The molecule has 0 saturated carbocycles. The van der Waals surface area contributed by atoms with E-state index in [1.807, 2.05) is 0 Å². The quantitative estimate of drug-likeness (QED) is 0.510. The predicted molar refractivity (Wildman–Crippen MR) is 89.4 cm³/mol. The summed E-state index contributed by atoms with van der Waals surface area (Å²) in [5.74, 6) is -0.439. The molecule has 25 heavy (non-hydrogen) atoms. The summed E-state index contributed by atoms with van der Waals surface area (Å²) in [4.78, 5) is 0. The highest BCUT2D eigenvalue weighted by Gasteiger charge is 2.16. The zero-order valence-electron chi connectivity index (χ0n) is 12.7. The van der Waals surface area contributed by atoms with Crippen molar-refractivity contribution in [3.05, 3.63) is 77.6 Å². The van der Waals surface area contributed by atoms with Crippen molar-refractivity contribution in [3.63, 3.8) is 0 Å². The topological polar surface area (TPSA) is 43.9 Å². The molecule has 0 atom stereocenters. The third kappa shape index (κ3) is 2.92. The summed E-state index contributed by atoms with van der Waals surface area (Å²) in [6.07, 6.45) is 3.22. The minimum absolute atomic E-state index is 0.177. The number of rotatable bonds is 3. The Labute approximate surface area is 146 Å². The minimum atomic E-state index is -0.484. The standard InChI is InChI=1S/C18H10ClF2N3O/c19-14-5-2-6-15(21)18(14)16-8-17(25-23-16)11-9-22-24(10-11)13-4-1-3-12(20)7-13/h1-10H. The summed E-state index contributed by atoms with van der Waals surface area (Å²) in [5, 5.41) is 8.31. The van der Waals surface area contributed by atoms with Gasteiger partial charge in [-0.05, 0) is 30.3 Å². The molecule has 4 rings (SSSR count). The number of hydrogen-bond donors (Lipinski definition) is 0. The van der Waals surface area contributed by atoms with Crippen LogP contribution in [0.1, 0.15) is 0 Å². The van der Waals surface area contributed by atoms with E-state index in [9.17, 15) is 8.78 Å². The molecular weight excluding hydrogens is 348 g/mol. The van der Waals surface area contributed by atoms with Gasteiger partial charge in [-0.25, -0.2) is 13.5 Å². The molecule has 0 bridgehead atoms. The Morgan fingerprint density at radius 2 is 1.88 bits per heavy atom. The third-order valence-electron chi connectivity index (χ3n) is 3.67. The fourth-order valence-corrected chi connectivity index (χ4v) is 2.74. The first-order chi connectivity index (χ1) is 12.1. The molecule has 2 aromatic heterocycles. The molecule has 0 unspecified atom stereocenters. The summed E-state index contributed by atoms with van der Waals surface area (Å²) in [7, 11) is 0. The number of aromatic nitrogens is 3. The van der Waals surface area contributed by atoms with Gasteiger partial charge in [0.2, 0.25) is 0 Å². The second-order valence-corrected chi connectivity index (χ2v) is 5.73. The third-order valence-corrected chi connectivity index (χ3v) is 3.98. The molecule has 0 amide bonds. The number of halogens is 3. The van der Waals surface area contributed by atoms with E-state index in [0.717, 1.165) is 0 Å². The van der Waals surface area contributed by atoms with E-state index < -0.39 is 5.82 Å². The molecular formula is C18H10ClF2N3O. The highest BCUT2D eigenvalue weighted by atomic mass is 35.5. The van der Waals surface area contributed by atoms with Crippen LogP contribution in [0.15, 0.2) is 65.4 Å².